The molecule has 37 heavy (non-hydrogen) atoms. The lowest BCUT2D eigenvalue weighted by atomic mass is 9.90. The number of hydrogen-bond acceptors (Lipinski definition) is 6. The summed E-state index contributed by atoms with van der Waals surface area (Å²) in [5.74, 6) is -3.15. The zero-order valence-corrected chi connectivity index (χ0v) is 22.3. The van der Waals surface area contributed by atoms with Crippen molar-refractivity contribution < 1.29 is 34.5 Å². The molecule has 0 bridgehead atoms. The number of carboxylic acid groups (broad SMARTS) is 1. The number of benzene rings is 1. The van der Waals surface area contributed by atoms with Gasteiger partial charge in [-0.05, 0) is 36.7 Å². The van der Waals surface area contributed by atoms with Gasteiger partial charge < -0.3 is 31.3 Å². The summed E-state index contributed by atoms with van der Waals surface area (Å²) in [4.78, 5) is 49.2. The lowest BCUT2D eigenvalue weighted by Crippen LogP contribution is -2.50. The molecule has 0 saturated carbocycles. The molecule has 0 radical (unpaired) electrons. The lowest BCUT2D eigenvalue weighted by Gasteiger charge is -2.28. The Bertz CT molecular complexity index is 861. The highest BCUT2D eigenvalue weighted by Crippen LogP contribution is 2.17. The molecule has 0 fully saturated rings. The summed E-state index contributed by atoms with van der Waals surface area (Å²) >= 11 is 0. The summed E-state index contributed by atoms with van der Waals surface area (Å²) in [6.45, 7) is 7.78. The van der Waals surface area contributed by atoms with Crippen molar-refractivity contribution in [1.82, 2.24) is 16.0 Å². The van der Waals surface area contributed by atoms with Crippen LogP contribution in [0.15, 0.2) is 30.3 Å². The SMILES string of the molecule is CC(C)CNC(=O)[C@H](CCO)C[C@H](O)[C@H](Cc1ccccc1)NC(=O)C[C@H](NC(=O)CC(C)C)C(=O)O. The van der Waals surface area contributed by atoms with E-state index >= 15 is 0 Å². The first kappa shape index (κ1) is 32.0. The largest absolute Gasteiger partial charge is 0.480 e. The Labute approximate surface area is 219 Å². The summed E-state index contributed by atoms with van der Waals surface area (Å²) in [6.07, 6.45) is -1.14. The van der Waals surface area contributed by atoms with E-state index in [9.17, 15) is 34.5 Å². The van der Waals surface area contributed by atoms with Crippen molar-refractivity contribution in [2.75, 3.05) is 13.2 Å². The van der Waals surface area contributed by atoms with Gasteiger partial charge in [-0.2, -0.15) is 0 Å². The highest BCUT2D eigenvalue weighted by atomic mass is 16.4. The van der Waals surface area contributed by atoms with Crippen LogP contribution in [0.1, 0.15) is 58.9 Å². The summed E-state index contributed by atoms with van der Waals surface area (Å²) in [5.41, 5.74) is 0.829. The molecule has 6 N–H and O–H groups in total. The second kappa shape index (κ2) is 16.7. The minimum Gasteiger partial charge on any atom is -0.480 e. The average molecular weight is 522 g/mol. The van der Waals surface area contributed by atoms with Crippen molar-refractivity contribution in [1.29, 1.82) is 0 Å². The minimum atomic E-state index is -1.41. The number of hydrogen-bond donors (Lipinski definition) is 6. The predicted octanol–water partition coefficient (Wildman–Crippen LogP) is 1.24. The Morgan fingerprint density at radius 3 is 2.05 bits per heavy atom. The molecule has 0 aliphatic carbocycles. The number of aliphatic hydroxyl groups excluding tert-OH is 2. The number of aliphatic hydroxyl groups is 2. The van der Waals surface area contributed by atoms with Crippen molar-refractivity contribution >= 4 is 23.7 Å². The van der Waals surface area contributed by atoms with E-state index in [1.165, 1.54) is 0 Å². The van der Waals surface area contributed by atoms with E-state index in [-0.39, 0.29) is 50.0 Å². The average Bonchev–Trinajstić information content (AvgIpc) is 2.81. The van der Waals surface area contributed by atoms with Gasteiger partial charge in [0.25, 0.3) is 0 Å². The molecule has 0 heterocycles. The third-order valence-corrected chi connectivity index (χ3v) is 5.78. The van der Waals surface area contributed by atoms with Crippen molar-refractivity contribution in [2.45, 2.75) is 78.0 Å². The minimum absolute atomic E-state index is 0.00421. The van der Waals surface area contributed by atoms with Gasteiger partial charge in [0, 0.05) is 25.5 Å². The van der Waals surface area contributed by atoms with Crippen LogP contribution in [-0.2, 0) is 25.6 Å². The normalized spacial score (nSPS) is 14.5. The van der Waals surface area contributed by atoms with Crippen molar-refractivity contribution in [3.63, 3.8) is 0 Å². The van der Waals surface area contributed by atoms with Crippen LogP contribution in [0.3, 0.4) is 0 Å². The number of rotatable bonds is 17. The fraction of sp³-hybridized carbons (Fsp3) is 0.630. The highest BCUT2D eigenvalue weighted by molar-refractivity contribution is 5.88. The first-order valence-electron chi connectivity index (χ1n) is 12.8. The molecule has 4 atom stereocenters. The smallest absolute Gasteiger partial charge is 0.326 e. The number of nitrogens with one attached hydrogen (secondary N) is 3. The summed E-state index contributed by atoms with van der Waals surface area (Å²) < 4.78 is 0. The van der Waals surface area contributed by atoms with Gasteiger partial charge in [0.2, 0.25) is 17.7 Å². The number of aliphatic carboxylic acids is 1. The zero-order valence-electron chi connectivity index (χ0n) is 22.3. The molecule has 0 aliphatic rings. The molecule has 3 amide bonds. The third kappa shape index (κ3) is 13.2. The molecule has 0 aromatic heterocycles. The Kier molecular flexibility index (Phi) is 14.5. The van der Waals surface area contributed by atoms with E-state index in [2.05, 4.69) is 16.0 Å². The Balaban J connectivity index is 2.99. The molecular weight excluding hydrogens is 478 g/mol. The van der Waals surface area contributed by atoms with Gasteiger partial charge in [0.15, 0.2) is 0 Å². The van der Waals surface area contributed by atoms with E-state index in [0.717, 1.165) is 5.56 Å². The maximum absolute atomic E-state index is 12.8. The Morgan fingerprint density at radius 2 is 1.51 bits per heavy atom. The molecule has 0 aliphatic heterocycles. The van der Waals surface area contributed by atoms with Crippen LogP contribution >= 0.6 is 0 Å². The Hall–Kier alpha value is -2.98. The van der Waals surface area contributed by atoms with Crippen LogP contribution in [0.25, 0.3) is 0 Å². The van der Waals surface area contributed by atoms with E-state index < -0.39 is 48.3 Å². The maximum Gasteiger partial charge on any atom is 0.326 e. The van der Waals surface area contributed by atoms with E-state index in [1.54, 1.807) is 0 Å². The summed E-state index contributed by atoms with van der Waals surface area (Å²) in [7, 11) is 0. The van der Waals surface area contributed by atoms with Crippen LogP contribution in [-0.4, -0.2) is 70.3 Å². The molecule has 0 unspecified atom stereocenters. The van der Waals surface area contributed by atoms with E-state index in [0.29, 0.717) is 6.54 Å². The van der Waals surface area contributed by atoms with Gasteiger partial charge in [0.05, 0.1) is 18.6 Å². The molecule has 10 heteroatoms. The molecule has 10 nitrogen and oxygen atoms in total. The first-order chi connectivity index (χ1) is 17.4. The fourth-order valence-electron chi connectivity index (χ4n) is 3.84. The van der Waals surface area contributed by atoms with E-state index in [4.69, 9.17) is 0 Å². The van der Waals surface area contributed by atoms with Crippen molar-refractivity contribution in [2.24, 2.45) is 17.8 Å². The lowest BCUT2D eigenvalue weighted by molar-refractivity contribution is -0.143. The predicted molar refractivity (Wildman–Crippen MR) is 139 cm³/mol. The molecular formula is C27H43N3O7. The number of carbonyl (C=O) groups excluding carboxylic acids is 3. The second-order valence-electron chi connectivity index (χ2n) is 10.3. The van der Waals surface area contributed by atoms with Crippen LogP contribution < -0.4 is 16.0 Å². The van der Waals surface area contributed by atoms with Gasteiger partial charge in [-0.25, -0.2) is 4.79 Å². The van der Waals surface area contributed by atoms with Crippen LogP contribution in [0, 0.1) is 17.8 Å². The first-order valence-corrected chi connectivity index (χ1v) is 12.8. The second-order valence-corrected chi connectivity index (χ2v) is 10.3. The number of carboxylic acids is 1. The highest BCUT2D eigenvalue weighted by Gasteiger charge is 2.30. The van der Waals surface area contributed by atoms with Crippen LogP contribution in [0.2, 0.25) is 0 Å². The molecule has 0 saturated heterocycles. The monoisotopic (exact) mass is 521 g/mol. The fourth-order valence-corrected chi connectivity index (χ4v) is 3.84. The summed E-state index contributed by atoms with van der Waals surface area (Å²) in [5, 5.41) is 37.9. The molecule has 0 spiro atoms. The third-order valence-electron chi connectivity index (χ3n) is 5.78. The quantitative estimate of drug-likeness (QED) is 0.179. The van der Waals surface area contributed by atoms with Crippen LogP contribution in [0.5, 0.6) is 0 Å². The Morgan fingerprint density at radius 1 is 0.892 bits per heavy atom. The number of carbonyl (C=O) groups is 4. The molecule has 1 rings (SSSR count). The zero-order chi connectivity index (χ0) is 28.0. The molecule has 208 valence electrons. The van der Waals surface area contributed by atoms with Gasteiger partial charge in [-0.15, -0.1) is 0 Å². The number of amides is 3. The molecule has 1 aromatic rings. The van der Waals surface area contributed by atoms with Gasteiger partial charge in [-0.3, -0.25) is 14.4 Å². The molecule has 1 aromatic carbocycles. The van der Waals surface area contributed by atoms with Gasteiger partial charge in [-0.1, -0.05) is 58.0 Å². The maximum atomic E-state index is 12.8. The van der Waals surface area contributed by atoms with Crippen molar-refractivity contribution in [3.05, 3.63) is 35.9 Å². The standard InChI is InChI=1S/C27H43N3O7/c1-17(2)12-24(33)30-22(27(36)37)15-25(34)29-21(13-19-8-6-5-7-9-19)23(32)14-20(10-11-31)26(35)28-16-18(3)4/h5-9,17-18,20-23,31-32H,10-16H2,1-4H3,(H,28,35)(H,29,34)(H,30,33)(H,36,37)/t20-,21+,22+,23+/m1/s1. The van der Waals surface area contributed by atoms with Crippen molar-refractivity contribution in [3.8, 4) is 0 Å². The topological polar surface area (TPSA) is 165 Å². The van der Waals surface area contributed by atoms with Gasteiger partial charge in [0.1, 0.15) is 6.04 Å². The van der Waals surface area contributed by atoms with Gasteiger partial charge >= 0.3 is 5.97 Å². The van der Waals surface area contributed by atoms with E-state index in [1.807, 2.05) is 58.0 Å². The summed E-state index contributed by atoms with van der Waals surface area (Å²) in [6, 6.07) is 6.90. The van der Waals surface area contributed by atoms with Crippen LogP contribution in [0.4, 0.5) is 0 Å².